The van der Waals surface area contributed by atoms with Crippen molar-refractivity contribution in [2.75, 3.05) is 0 Å². The van der Waals surface area contributed by atoms with Crippen LogP contribution in [0, 0.1) is 0 Å². The number of aromatic nitrogens is 1. The van der Waals surface area contributed by atoms with Crippen LogP contribution < -0.4 is 5.43 Å². The second-order valence-electron chi connectivity index (χ2n) is 1.60. The highest BCUT2D eigenvalue weighted by Gasteiger charge is 1.86. The summed E-state index contributed by atoms with van der Waals surface area (Å²) in [5.41, 5.74) is 0.151. The quantitative estimate of drug-likeness (QED) is 0.616. The maximum atomic E-state index is 10.5. The van der Waals surface area contributed by atoms with Crippen LogP contribution in [0.1, 0.15) is 24.3 Å². The minimum Gasteiger partial charge on any atom is -0.359 e. The predicted molar refractivity (Wildman–Crippen MR) is 43.8 cm³/mol. The zero-order valence-electron chi connectivity index (χ0n) is 6.63. The molecule has 3 nitrogen and oxygen atoms in total. The first-order valence-electron chi connectivity index (χ1n) is 3.47. The van der Waals surface area contributed by atoms with E-state index in [4.69, 9.17) is 0 Å². The molecule has 0 aliphatic carbocycles. The molecular formula is C8H11NO2. The fourth-order valence-electron chi connectivity index (χ4n) is 0.531. The van der Waals surface area contributed by atoms with Gasteiger partial charge in [-0.15, -0.1) is 0 Å². The Bertz CT molecular complexity index is 265. The first-order chi connectivity index (χ1) is 5.33. The van der Waals surface area contributed by atoms with E-state index in [1.54, 1.807) is 0 Å². The zero-order valence-corrected chi connectivity index (χ0v) is 6.63. The fraction of sp³-hybridized carbons (Fsp3) is 0.250. The molecule has 0 atom stereocenters. The zero-order chi connectivity index (χ0) is 8.69. The Kier molecular flexibility index (Phi) is 4.73. The molecule has 0 radical (unpaired) electrons. The number of hydrogen-bond donors (Lipinski definition) is 1. The number of pyridine rings is 1. The van der Waals surface area contributed by atoms with Gasteiger partial charge in [0, 0.05) is 18.3 Å². The van der Waals surface area contributed by atoms with Crippen molar-refractivity contribution in [2.24, 2.45) is 0 Å². The van der Waals surface area contributed by atoms with Crippen molar-refractivity contribution in [2.45, 2.75) is 13.8 Å². The van der Waals surface area contributed by atoms with Crippen LogP contribution in [0.25, 0.3) is 0 Å². The molecule has 0 unspecified atom stereocenters. The lowest BCUT2D eigenvalue weighted by Gasteiger charge is -1.84. The normalized spacial score (nSPS) is 7.82. The summed E-state index contributed by atoms with van der Waals surface area (Å²) >= 11 is 0. The van der Waals surface area contributed by atoms with E-state index in [1.165, 1.54) is 18.3 Å². The van der Waals surface area contributed by atoms with E-state index in [9.17, 15) is 9.59 Å². The van der Waals surface area contributed by atoms with Crippen LogP contribution in [0.5, 0.6) is 0 Å². The van der Waals surface area contributed by atoms with E-state index in [-0.39, 0.29) is 5.43 Å². The van der Waals surface area contributed by atoms with Crippen molar-refractivity contribution in [3.63, 3.8) is 0 Å². The molecular weight excluding hydrogens is 142 g/mol. The Morgan fingerprint density at radius 3 is 2.45 bits per heavy atom. The highest BCUT2D eigenvalue weighted by Crippen LogP contribution is 1.79. The van der Waals surface area contributed by atoms with Crippen molar-refractivity contribution in [3.05, 3.63) is 34.2 Å². The number of rotatable bonds is 1. The number of carbonyl (C=O) groups excluding carboxylic acids is 1. The molecule has 0 bridgehead atoms. The predicted octanol–water partition coefficient (Wildman–Crippen LogP) is 1.21. The number of nitrogens with one attached hydrogen (secondary N) is 1. The van der Waals surface area contributed by atoms with Crippen LogP contribution in [-0.4, -0.2) is 11.3 Å². The Morgan fingerprint density at radius 2 is 2.09 bits per heavy atom. The summed E-state index contributed by atoms with van der Waals surface area (Å²) < 4.78 is 0. The minimum absolute atomic E-state index is 0.157. The molecule has 0 aliphatic rings. The third kappa shape index (κ3) is 3.35. The summed E-state index contributed by atoms with van der Waals surface area (Å²) in [6, 6.07) is 2.60. The highest BCUT2D eigenvalue weighted by atomic mass is 16.1. The molecule has 1 N–H and O–H groups in total. The summed E-state index contributed by atoms with van der Waals surface area (Å²) in [5.74, 6) is 0. The largest absolute Gasteiger partial charge is 0.359 e. The van der Waals surface area contributed by atoms with Gasteiger partial charge in [0.15, 0.2) is 11.7 Å². The van der Waals surface area contributed by atoms with E-state index in [1.807, 2.05) is 13.8 Å². The molecule has 0 amide bonds. The summed E-state index contributed by atoms with van der Waals surface area (Å²) in [6.45, 7) is 4.00. The molecule has 1 heterocycles. The average Bonchev–Trinajstić information content (AvgIpc) is 2.08. The van der Waals surface area contributed by atoms with Gasteiger partial charge in [-0.05, 0) is 0 Å². The molecule has 1 aromatic heterocycles. The summed E-state index contributed by atoms with van der Waals surface area (Å²) in [7, 11) is 0. The van der Waals surface area contributed by atoms with Crippen molar-refractivity contribution in [1.29, 1.82) is 0 Å². The topological polar surface area (TPSA) is 49.9 Å². The van der Waals surface area contributed by atoms with Gasteiger partial charge in [-0.1, -0.05) is 13.8 Å². The van der Waals surface area contributed by atoms with Crippen molar-refractivity contribution >= 4 is 6.29 Å². The van der Waals surface area contributed by atoms with E-state index >= 15 is 0 Å². The van der Waals surface area contributed by atoms with Gasteiger partial charge < -0.3 is 4.98 Å². The molecule has 0 saturated carbocycles. The van der Waals surface area contributed by atoms with Gasteiger partial charge in [0.1, 0.15) is 0 Å². The van der Waals surface area contributed by atoms with Crippen LogP contribution >= 0.6 is 0 Å². The maximum Gasteiger partial charge on any atom is 0.182 e. The van der Waals surface area contributed by atoms with Crippen LogP contribution in [0.15, 0.2) is 23.1 Å². The second kappa shape index (κ2) is 5.41. The van der Waals surface area contributed by atoms with Gasteiger partial charge in [0.25, 0.3) is 0 Å². The Morgan fingerprint density at radius 1 is 1.45 bits per heavy atom. The third-order valence-corrected chi connectivity index (χ3v) is 0.922. The number of H-pyrrole nitrogens is 1. The van der Waals surface area contributed by atoms with Gasteiger partial charge in [-0.25, -0.2) is 0 Å². The molecule has 1 rings (SSSR count). The van der Waals surface area contributed by atoms with Crippen LogP contribution in [0.3, 0.4) is 0 Å². The second-order valence-corrected chi connectivity index (χ2v) is 1.60. The lowest BCUT2D eigenvalue weighted by Crippen LogP contribution is -1.99. The van der Waals surface area contributed by atoms with E-state index in [0.29, 0.717) is 12.0 Å². The number of carbonyl (C=O) groups is 1. The number of hydrogen-bond acceptors (Lipinski definition) is 2. The van der Waals surface area contributed by atoms with Gasteiger partial charge in [-0.3, -0.25) is 9.59 Å². The van der Waals surface area contributed by atoms with Gasteiger partial charge in [0.05, 0.1) is 5.69 Å². The van der Waals surface area contributed by atoms with Gasteiger partial charge in [0.2, 0.25) is 0 Å². The monoisotopic (exact) mass is 153 g/mol. The molecule has 0 aromatic carbocycles. The van der Waals surface area contributed by atoms with Crippen molar-refractivity contribution in [3.8, 4) is 0 Å². The number of aromatic amines is 1. The summed E-state index contributed by atoms with van der Waals surface area (Å²) in [4.78, 5) is 23.0. The Labute approximate surface area is 65.1 Å². The molecule has 60 valence electrons. The van der Waals surface area contributed by atoms with Crippen LogP contribution in [0.2, 0.25) is 0 Å². The molecule has 1 aromatic rings. The van der Waals surface area contributed by atoms with Gasteiger partial charge >= 0.3 is 0 Å². The van der Waals surface area contributed by atoms with Gasteiger partial charge in [-0.2, -0.15) is 0 Å². The highest BCUT2D eigenvalue weighted by molar-refractivity contribution is 5.71. The van der Waals surface area contributed by atoms with E-state index in [0.717, 1.165) is 0 Å². The smallest absolute Gasteiger partial charge is 0.182 e. The first kappa shape index (κ1) is 9.62. The molecule has 3 heteroatoms. The van der Waals surface area contributed by atoms with E-state index in [2.05, 4.69) is 4.98 Å². The van der Waals surface area contributed by atoms with Crippen molar-refractivity contribution < 1.29 is 4.79 Å². The Balaban J connectivity index is 0.000000461. The Hall–Kier alpha value is -1.38. The van der Waals surface area contributed by atoms with Crippen LogP contribution in [0.4, 0.5) is 0 Å². The maximum absolute atomic E-state index is 10.5. The van der Waals surface area contributed by atoms with Crippen LogP contribution in [-0.2, 0) is 0 Å². The third-order valence-electron chi connectivity index (χ3n) is 0.922. The lowest BCUT2D eigenvalue weighted by atomic mass is 10.4. The summed E-state index contributed by atoms with van der Waals surface area (Å²) in [5, 5.41) is 0. The molecule has 0 aliphatic heterocycles. The first-order valence-corrected chi connectivity index (χ1v) is 3.47. The fourth-order valence-corrected chi connectivity index (χ4v) is 0.531. The lowest BCUT2D eigenvalue weighted by molar-refractivity contribution is 0.111. The standard InChI is InChI=1S/C6H5NO2.C2H6/c8-4-5-3-6(9)1-2-7-5;1-2/h1-4H,(H,7,9);1-2H3. The molecule has 0 saturated heterocycles. The molecule has 11 heavy (non-hydrogen) atoms. The number of aldehydes is 1. The minimum atomic E-state index is -0.157. The van der Waals surface area contributed by atoms with Crippen molar-refractivity contribution in [1.82, 2.24) is 4.98 Å². The molecule has 0 fully saturated rings. The summed E-state index contributed by atoms with van der Waals surface area (Å²) in [6.07, 6.45) is 2.04. The molecule has 0 spiro atoms. The SMILES string of the molecule is CC.O=Cc1cc(=O)cc[nH]1. The van der Waals surface area contributed by atoms with E-state index < -0.39 is 0 Å². The average molecular weight is 153 g/mol.